The number of amides is 1. The van der Waals surface area contributed by atoms with Gasteiger partial charge in [-0.2, -0.15) is 0 Å². The molecule has 0 bridgehead atoms. The summed E-state index contributed by atoms with van der Waals surface area (Å²) in [6.07, 6.45) is 11.4. The monoisotopic (exact) mass is 526 g/mol. The van der Waals surface area contributed by atoms with Crippen molar-refractivity contribution in [2.75, 3.05) is 26.2 Å². The van der Waals surface area contributed by atoms with Crippen LogP contribution in [0.5, 0.6) is 0 Å². The Morgan fingerprint density at radius 1 is 1.13 bits per heavy atom. The average molecular weight is 527 g/mol. The van der Waals surface area contributed by atoms with Crippen molar-refractivity contribution < 1.29 is 14.4 Å². The summed E-state index contributed by atoms with van der Waals surface area (Å²) >= 11 is 0. The van der Waals surface area contributed by atoms with Crippen LogP contribution in [0.4, 0.5) is 4.79 Å². The van der Waals surface area contributed by atoms with E-state index in [1.807, 2.05) is 6.08 Å². The molecule has 1 amide bonds. The first-order valence-corrected chi connectivity index (χ1v) is 15.1. The molecule has 212 valence electrons. The van der Waals surface area contributed by atoms with Crippen molar-refractivity contribution in [3.63, 3.8) is 0 Å². The van der Waals surface area contributed by atoms with Crippen LogP contribution in [-0.2, 0) is 9.63 Å². The third-order valence-electron chi connectivity index (χ3n) is 11.5. The van der Waals surface area contributed by atoms with E-state index in [0.717, 1.165) is 37.9 Å². The number of carbonyl (C=O) groups excluding carboxylic acids is 2. The Morgan fingerprint density at radius 2 is 1.92 bits per heavy atom. The second-order valence-corrected chi connectivity index (χ2v) is 14.4. The first-order valence-electron chi connectivity index (χ1n) is 15.1. The quantitative estimate of drug-likeness (QED) is 0.278. The summed E-state index contributed by atoms with van der Waals surface area (Å²) in [5.41, 5.74) is 8.85. The number of hydrogen-bond donors (Lipinski definition) is 2. The minimum Gasteiger partial charge on any atom is -0.329 e. The smallest absolute Gasteiger partial charge is 0.329 e. The number of ketones is 1. The fraction of sp³-hybridized carbons (Fsp3) is 0.839. The summed E-state index contributed by atoms with van der Waals surface area (Å²) in [7, 11) is 0. The Hall–Kier alpha value is -1.73. The lowest BCUT2D eigenvalue weighted by Crippen LogP contribution is -2.51. The van der Waals surface area contributed by atoms with Crippen LogP contribution in [0, 0.1) is 39.9 Å². The van der Waals surface area contributed by atoms with Gasteiger partial charge in [0.15, 0.2) is 5.78 Å². The first-order chi connectivity index (χ1) is 18.0. The third-order valence-corrected chi connectivity index (χ3v) is 11.5. The lowest BCUT2D eigenvalue weighted by molar-refractivity contribution is -0.117. The maximum Gasteiger partial charge on any atom is 0.436 e. The Labute approximate surface area is 229 Å². The van der Waals surface area contributed by atoms with Crippen molar-refractivity contribution in [3.05, 3.63) is 11.6 Å². The summed E-state index contributed by atoms with van der Waals surface area (Å²) in [6.45, 7) is 13.9. The zero-order valence-corrected chi connectivity index (χ0v) is 24.4. The molecule has 3 saturated carbocycles. The Morgan fingerprint density at radius 3 is 2.63 bits per heavy atom. The first kappa shape index (κ1) is 27.8. The van der Waals surface area contributed by atoms with E-state index in [1.54, 1.807) is 4.90 Å². The van der Waals surface area contributed by atoms with E-state index in [2.05, 4.69) is 45.1 Å². The van der Waals surface area contributed by atoms with E-state index in [4.69, 9.17) is 10.6 Å². The van der Waals surface area contributed by atoms with Gasteiger partial charge in [0.1, 0.15) is 0 Å². The van der Waals surface area contributed by atoms with Gasteiger partial charge in [0.25, 0.3) is 0 Å². The Kier molecular flexibility index (Phi) is 7.58. The summed E-state index contributed by atoms with van der Waals surface area (Å²) in [5.74, 6) is 2.74. The molecule has 1 heterocycles. The minimum absolute atomic E-state index is 0.194. The fourth-order valence-corrected chi connectivity index (χ4v) is 9.52. The molecule has 0 aromatic rings. The summed E-state index contributed by atoms with van der Waals surface area (Å²) in [5, 5.41) is 7.99. The van der Waals surface area contributed by atoms with E-state index >= 15 is 0 Å². The average Bonchev–Trinajstić information content (AvgIpc) is 3.40. The number of fused-ring (bicyclic) bond motifs is 5. The zero-order valence-electron chi connectivity index (χ0n) is 24.4. The molecule has 5 rings (SSSR count). The second-order valence-electron chi connectivity index (χ2n) is 14.4. The van der Waals surface area contributed by atoms with Gasteiger partial charge in [0.2, 0.25) is 0 Å². The Bertz CT molecular complexity index is 1010. The van der Waals surface area contributed by atoms with Crippen LogP contribution in [0.3, 0.4) is 0 Å². The van der Waals surface area contributed by atoms with Gasteiger partial charge < -0.3 is 16.0 Å². The molecule has 4 aliphatic carbocycles. The summed E-state index contributed by atoms with van der Waals surface area (Å²) in [6, 6.07) is 0.258. The number of nitrogens with zero attached hydrogens (tertiary/aromatic N) is 2. The number of hydrogen-bond acceptors (Lipinski definition) is 6. The normalized spacial score (nSPS) is 40.2. The van der Waals surface area contributed by atoms with E-state index in [0.29, 0.717) is 55.5 Å². The molecule has 5 aliphatic rings. The van der Waals surface area contributed by atoms with Gasteiger partial charge in [-0.25, -0.2) is 4.79 Å². The van der Waals surface area contributed by atoms with Crippen molar-refractivity contribution in [1.29, 1.82) is 0 Å². The molecule has 3 N–H and O–H groups in total. The molecule has 1 aliphatic heterocycles. The van der Waals surface area contributed by atoms with E-state index in [-0.39, 0.29) is 22.3 Å². The van der Waals surface area contributed by atoms with Gasteiger partial charge in [-0.3, -0.25) is 9.63 Å². The fourth-order valence-electron chi connectivity index (χ4n) is 9.52. The molecular weight excluding hydrogens is 476 g/mol. The van der Waals surface area contributed by atoms with Gasteiger partial charge in [-0.1, -0.05) is 38.4 Å². The van der Waals surface area contributed by atoms with Crippen LogP contribution in [0.25, 0.3) is 0 Å². The lowest BCUT2D eigenvalue weighted by atomic mass is 9.46. The molecule has 38 heavy (non-hydrogen) atoms. The van der Waals surface area contributed by atoms with Crippen molar-refractivity contribution >= 4 is 17.6 Å². The molecule has 0 aromatic carbocycles. The SMILES string of the molecule is C/C(=N\OC(=O)N(CCN)CC1CC(C)(C)CN1)[C@H]1CC[C@H]2[C@@H]3CCC4=CC(=O)CC[C@]4(C)[C@H]3CC[C@]12C. The number of oxime groups is 1. The van der Waals surface area contributed by atoms with E-state index in [1.165, 1.54) is 31.3 Å². The molecule has 0 spiro atoms. The molecule has 7 nitrogen and oxygen atoms in total. The highest BCUT2D eigenvalue weighted by atomic mass is 16.7. The van der Waals surface area contributed by atoms with Crippen LogP contribution >= 0.6 is 0 Å². The molecule has 7 heteroatoms. The van der Waals surface area contributed by atoms with Crippen LogP contribution in [-0.4, -0.2) is 54.7 Å². The second kappa shape index (κ2) is 10.3. The van der Waals surface area contributed by atoms with Crippen molar-refractivity contribution in [2.24, 2.45) is 50.8 Å². The highest BCUT2D eigenvalue weighted by molar-refractivity contribution is 5.91. The third kappa shape index (κ3) is 4.98. The molecular formula is C31H50N4O3. The molecule has 7 atom stereocenters. The predicted molar refractivity (Wildman–Crippen MR) is 151 cm³/mol. The van der Waals surface area contributed by atoms with Gasteiger partial charge >= 0.3 is 6.09 Å². The van der Waals surface area contributed by atoms with Gasteiger partial charge in [0, 0.05) is 44.6 Å². The Balaban J connectivity index is 1.24. The van der Waals surface area contributed by atoms with Gasteiger partial charge in [-0.05, 0) is 98.4 Å². The molecule has 0 aromatic heterocycles. The van der Waals surface area contributed by atoms with E-state index < -0.39 is 6.09 Å². The number of nitrogens with one attached hydrogen (secondary N) is 1. The lowest BCUT2D eigenvalue weighted by Gasteiger charge is -2.58. The van der Waals surface area contributed by atoms with Crippen LogP contribution in [0.2, 0.25) is 0 Å². The molecule has 4 fully saturated rings. The maximum absolute atomic E-state index is 13.0. The topological polar surface area (TPSA) is 97.0 Å². The van der Waals surface area contributed by atoms with Gasteiger partial charge in [0.05, 0.1) is 5.71 Å². The predicted octanol–water partition coefficient (Wildman–Crippen LogP) is 5.30. The highest BCUT2D eigenvalue weighted by Gasteiger charge is 2.59. The zero-order chi connectivity index (χ0) is 27.3. The number of nitrogens with two attached hydrogens (primary N) is 1. The number of carbonyl (C=O) groups is 2. The van der Waals surface area contributed by atoms with E-state index in [9.17, 15) is 9.59 Å². The van der Waals surface area contributed by atoms with Crippen LogP contribution in [0.15, 0.2) is 16.8 Å². The molecule has 1 unspecified atom stereocenters. The molecule has 1 saturated heterocycles. The van der Waals surface area contributed by atoms with Crippen LogP contribution in [0.1, 0.15) is 92.4 Å². The summed E-state index contributed by atoms with van der Waals surface area (Å²) < 4.78 is 0. The van der Waals surface area contributed by atoms with Crippen molar-refractivity contribution in [1.82, 2.24) is 10.2 Å². The van der Waals surface area contributed by atoms with Crippen molar-refractivity contribution in [2.45, 2.75) is 98.4 Å². The maximum atomic E-state index is 13.0. The highest BCUT2D eigenvalue weighted by Crippen LogP contribution is 2.66. The standard InChI is InChI=1S/C31H50N4O3/c1-20(34-38-28(37)35(15-14-32)18-22-17-29(2,3)19-33-22)25-8-9-26-24-7-6-21-16-23(36)10-12-30(21,4)27(24)11-13-31(25,26)5/h16,22,24-27,33H,6-15,17-19,32H2,1-5H3/b34-20+/t22?,24-,25+,26-,27-,30-,31+/m0/s1. The number of rotatable bonds is 6. The summed E-state index contributed by atoms with van der Waals surface area (Å²) in [4.78, 5) is 32.4. The largest absolute Gasteiger partial charge is 0.436 e. The minimum atomic E-state index is -0.393. The molecule has 0 radical (unpaired) electrons. The van der Waals surface area contributed by atoms with Crippen molar-refractivity contribution in [3.8, 4) is 0 Å². The number of allylic oxidation sites excluding steroid dienone is 1. The van der Waals surface area contributed by atoms with Gasteiger partial charge in [-0.15, -0.1) is 0 Å². The van der Waals surface area contributed by atoms with Crippen LogP contribution < -0.4 is 11.1 Å².